The number of nitrogens with zero attached hydrogens (tertiary/aromatic N) is 2. The fourth-order valence-corrected chi connectivity index (χ4v) is 2.10. The minimum absolute atomic E-state index is 0.0365. The van der Waals surface area contributed by atoms with Gasteiger partial charge >= 0.3 is 0 Å². The van der Waals surface area contributed by atoms with E-state index in [0.29, 0.717) is 0 Å². The molecule has 0 radical (unpaired) electrons. The largest absolute Gasteiger partial charge is 0.192 e. The Hall–Kier alpha value is -0.520. The number of thiol groups is 2. The number of nitriles is 2. The van der Waals surface area contributed by atoms with Crippen molar-refractivity contribution in [3.63, 3.8) is 0 Å². The average molecular weight is 261 g/mol. The Morgan fingerprint density at radius 2 is 1.21 bits per heavy atom. The number of benzene rings is 1. The highest BCUT2D eigenvalue weighted by Gasteiger charge is 2.18. The first-order chi connectivity index (χ1) is 6.54. The van der Waals surface area contributed by atoms with Crippen molar-refractivity contribution < 1.29 is 0 Å². The van der Waals surface area contributed by atoms with E-state index in [0.717, 1.165) is 0 Å². The number of rotatable bonds is 0. The van der Waals surface area contributed by atoms with Gasteiger partial charge < -0.3 is 0 Å². The Labute approximate surface area is 102 Å². The third kappa shape index (κ3) is 1.67. The summed E-state index contributed by atoms with van der Waals surface area (Å²) in [5.41, 5.74) is 0.184. The summed E-state index contributed by atoms with van der Waals surface area (Å²) in [5.74, 6) is 0. The van der Waals surface area contributed by atoms with Crippen LogP contribution in [-0.2, 0) is 0 Å². The topological polar surface area (TPSA) is 47.6 Å². The average Bonchev–Trinajstić information content (AvgIpc) is 2.16. The maximum atomic E-state index is 8.76. The molecule has 0 atom stereocenters. The molecule has 2 nitrogen and oxygen atoms in total. The van der Waals surface area contributed by atoms with Gasteiger partial charge in [-0.3, -0.25) is 0 Å². The smallest absolute Gasteiger partial charge is 0.102 e. The van der Waals surface area contributed by atoms with Crippen LogP contribution in [0.25, 0.3) is 0 Å². The number of halogens is 2. The Morgan fingerprint density at radius 3 is 1.50 bits per heavy atom. The zero-order chi connectivity index (χ0) is 10.9. The predicted octanol–water partition coefficient (Wildman–Crippen LogP) is 3.31. The first-order valence-corrected chi connectivity index (χ1v) is 4.92. The van der Waals surface area contributed by atoms with Gasteiger partial charge in [0.05, 0.1) is 21.2 Å². The van der Waals surface area contributed by atoms with Crippen molar-refractivity contribution in [1.29, 1.82) is 10.5 Å². The molecule has 1 aromatic carbocycles. The van der Waals surface area contributed by atoms with Crippen LogP contribution < -0.4 is 0 Å². The van der Waals surface area contributed by atoms with Crippen molar-refractivity contribution in [3.05, 3.63) is 21.2 Å². The molecule has 0 fully saturated rings. The molecule has 1 aromatic rings. The molecule has 0 saturated carbocycles. The molecule has 0 heterocycles. The summed E-state index contributed by atoms with van der Waals surface area (Å²) >= 11 is 19.6. The lowest BCUT2D eigenvalue weighted by molar-refractivity contribution is 1.26. The van der Waals surface area contributed by atoms with Crippen molar-refractivity contribution in [1.82, 2.24) is 0 Å². The van der Waals surface area contributed by atoms with E-state index in [-0.39, 0.29) is 31.0 Å². The highest BCUT2D eigenvalue weighted by atomic mass is 35.5. The lowest BCUT2D eigenvalue weighted by Crippen LogP contribution is -1.90. The molecule has 0 aliphatic heterocycles. The zero-order valence-electron chi connectivity index (χ0n) is 6.54. The zero-order valence-corrected chi connectivity index (χ0v) is 9.85. The molecule has 14 heavy (non-hydrogen) atoms. The Bertz CT molecular complexity index is 445. The first kappa shape index (κ1) is 11.6. The molecule has 0 aliphatic rings. The second-order valence-corrected chi connectivity index (χ2v) is 3.95. The third-order valence-corrected chi connectivity index (χ3v) is 3.47. The van der Waals surface area contributed by atoms with Crippen LogP contribution in [0.2, 0.25) is 10.0 Å². The van der Waals surface area contributed by atoms with Gasteiger partial charge in [-0.05, 0) is 0 Å². The van der Waals surface area contributed by atoms with E-state index >= 15 is 0 Å². The molecular formula is C8H2Cl2N2S2. The van der Waals surface area contributed by atoms with E-state index in [1.807, 2.05) is 12.1 Å². The molecular weight excluding hydrogens is 259 g/mol. The Kier molecular flexibility index (Phi) is 3.58. The van der Waals surface area contributed by atoms with E-state index in [4.69, 9.17) is 33.7 Å². The van der Waals surface area contributed by atoms with E-state index in [1.54, 1.807) is 0 Å². The minimum atomic E-state index is 0.0365. The molecule has 0 N–H and O–H groups in total. The van der Waals surface area contributed by atoms with Gasteiger partial charge in [-0.25, -0.2) is 0 Å². The maximum absolute atomic E-state index is 8.76. The summed E-state index contributed by atoms with van der Waals surface area (Å²) in [5, 5.41) is 17.7. The van der Waals surface area contributed by atoms with Crippen LogP contribution in [0, 0.1) is 22.7 Å². The lowest BCUT2D eigenvalue weighted by atomic mass is 10.1. The summed E-state index contributed by atoms with van der Waals surface area (Å²) in [6.07, 6.45) is 0. The van der Waals surface area contributed by atoms with Crippen molar-refractivity contribution in [2.45, 2.75) is 9.79 Å². The number of hydrogen-bond acceptors (Lipinski definition) is 4. The van der Waals surface area contributed by atoms with Crippen LogP contribution in [-0.4, -0.2) is 0 Å². The van der Waals surface area contributed by atoms with Crippen LogP contribution in [0.4, 0.5) is 0 Å². The van der Waals surface area contributed by atoms with Crippen LogP contribution in [0.3, 0.4) is 0 Å². The van der Waals surface area contributed by atoms with Gasteiger partial charge in [0.1, 0.15) is 12.1 Å². The van der Waals surface area contributed by atoms with Crippen LogP contribution in [0.1, 0.15) is 11.1 Å². The quantitative estimate of drug-likeness (QED) is 0.704. The summed E-state index contributed by atoms with van der Waals surface area (Å²) in [4.78, 5) is 0.478. The molecule has 0 amide bonds. The first-order valence-electron chi connectivity index (χ1n) is 3.27. The van der Waals surface area contributed by atoms with E-state index in [9.17, 15) is 0 Å². The standard InChI is InChI=1S/C8H2Cl2N2S2/c9-5-3(1-11)7(13)6(10)8(14)4(5)2-12/h13-14H. The fourth-order valence-electron chi connectivity index (χ4n) is 0.869. The van der Waals surface area contributed by atoms with Gasteiger partial charge in [-0.15, -0.1) is 25.3 Å². The highest BCUT2D eigenvalue weighted by Crippen LogP contribution is 2.38. The van der Waals surface area contributed by atoms with Gasteiger partial charge in [-0.1, -0.05) is 23.2 Å². The lowest BCUT2D eigenvalue weighted by Gasteiger charge is -2.07. The van der Waals surface area contributed by atoms with Crippen molar-refractivity contribution in [2.75, 3.05) is 0 Å². The van der Waals surface area contributed by atoms with Crippen molar-refractivity contribution in [3.8, 4) is 12.1 Å². The molecule has 0 spiro atoms. The van der Waals surface area contributed by atoms with Gasteiger partial charge in [0.15, 0.2) is 0 Å². The van der Waals surface area contributed by atoms with Gasteiger partial charge in [-0.2, -0.15) is 10.5 Å². The minimum Gasteiger partial charge on any atom is -0.192 e. The summed E-state index contributed by atoms with van der Waals surface area (Å²) in [7, 11) is 0. The predicted molar refractivity (Wildman–Crippen MR) is 60.4 cm³/mol. The molecule has 0 unspecified atom stereocenters. The monoisotopic (exact) mass is 260 g/mol. The normalized spacial score (nSPS) is 9.29. The van der Waals surface area contributed by atoms with Gasteiger partial charge in [0, 0.05) is 9.79 Å². The van der Waals surface area contributed by atoms with Gasteiger partial charge in [0.2, 0.25) is 0 Å². The summed E-state index contributed by atoms with van der Waals surface area (Å²) in [6.45, 7) is 0. The second kappa shape index (κ2) is 4.33. The molecule has 1 rings (SSSR count). The molecule has 70 valence electrons. The molecule has 0 aliphatic carbocycles. The number of hydrogen-bond donors (Lipinski definition) is 2. The maximum Gasteiger partial charge on any atom is 0.102 e. The van der Waals surface area contributed by atoms with Gasteiger partial charge in [0.25, 0.3) is 0 Å². The second-order valence-electron chi connectivity index (χ2n) is 2.30. The molecule has 6 heteroatoms. The van der Waals surface area contributed by atoms with Crippen molar-refractivity contribution in [2.24, 2.45) is 0 Å². The SMILES string of the molecule is N#Cc1c(S)c(Cl)c(S)c(C#N)c1Cl. The van der Waals surface area contributed by atoms with Crippen LogP contribution in [0.15, 0.2) is 9.79 Å². The summed E-state index contributed by atoms with van der Waals surface area (Å²) in [6, 6.07) is 3.66. The Balaban J connectivity index is 3.78. The van der Waals surface area contributed by atoms with E-state index in [2.05, 4.69) is 25.3 Å². The van der Waals surface area contributed by atoms with E-state index in [1.165, 1.54) is 0 Å². The van der Waals surface area contributed by atoms with E-state index < -0.39 is 0 Å². The molecule has 0 saturated heterocycles. The molecule has 0 bridgehead atoms. The van der Waals surface area contributed by atoms with Crippen molar-refractivity contribution >= 4 is 48.5 Å². The fraction of sp³-hybridized carbons (Fsp3) is 0. The van der Waals surface area contributed by atoms with Crippen LogP contribution in [0.5, 0.6) is 0 Å². The summed E-state index contributed by atoms with van der Waals surface area (Å²) < 4.78 is 0. The third-order valence-electron chi connectivity index (χ3n) is 1.55. The Morgan fingerprint density at radius 1 is 0.857 bits per heavy atom. The highest BCUT2D eigenvalue weighted by molar-refractivity contribution is 7.81. The molecule has 0 aromatic heterocycles. The van der Waals surface area contributed by atoms with Crippen LogP contribution >= 0.6 is 48.5 Å².